The first kappa shape index (κ1) is 13.4. The first-order valence-electron chi connectivity index (χ1n) is 7.69. The predicted octanol–water partition coefficient (Wildman–Crippen LogP) is 3.09. The first-order valence-corrected chi connectivity index (χ1v) is 7.69. The standard InChI is InChI=1S/C17H23N3/c1-3-18-17(16-11-19-20(4-2)12-16)15-9-8-13-6-5-7-14(13)10-15/h8-12,17-18H,3-7H2,1-2H3. The number of rotatable bonds is 5. The fourth-order valence-corrected chi connectivity index (χ4v) is 3.11. The van der Waals surface area contributed by atoms with Crippen LogP contribution >= 0.6 is 0 Å². The Morgan fingerprint density at radius 2 is 2.05 bits per heavy atom. The summed E-state index contributed by atoms with van der Waals surface area (Å²) in [6, 6.07) is 7.23. The van der Waals surface area contributed by atoms with E-state index >= 15 is 0 Å². The number of hydrogen-bond acceptors (Lipinski definition) is 2. The third-order valence-corrected chi connectivity index (χ3v) is 4.17. The number of nitrogens with zero attached hydrogens (tertiary/aromatic N) is 2. The number of fused-ring (bicyclic) bond motifs is 1. The molecule has 1 atom stereocenters. The Morgan fingerprint density at radius 3 is 2.80 bits per heavy atom. The van der Waals surface area contributed by atoms with Crippen LogP contribution in [0.3, 0.4) is 0 Å². The monoisotopic (exact) mass is 269 g/mol. The molecule has 0 spiro atoms. The van der Waals surface area contributed by atoms with Crippen molar-refractivity contribution in [1.82, 2.24) is 15.1 Å². The van der Waals surface area contributed by atoms with Gasteiger partial charge in [0, 0.05) is 18.3 Å². The summed E-state index contributed by atoms with van der Waals surface area (Å²) >= 11 is 0. The average molecular weight is 269 g/mol. The van der Waals surface area contributed by atoms with Crippen molar-refractivity contribution in [3.63, 3.8) is 0 Å². The van der Waals surface area contributed by atoms with Gasteiger partial charge in [-0.1, -0.05) is 25.1 Å². The van der Waals surface area contributed by atoms with E-state index in [1.807, 2.05) is 10.9 Å². The van der Waals surface area contributed by atoms with Crippen LogP contribution in [0.1, 0.15) is 48.6 Å². The predicted molar refractivity (Wildman–Crippen MR) is 81.9 cm³/mol. The molecule has 1 aliphatic carbocycles. The molecule has 0 saturated heterocycles. The Labute approximate surface area is 121 Å². The van der Waals surface area contributed by atoms with Crippen molar-refractivity contribution >= 4 is 0 Å². The summed E-state index contributed by atoms with van der Waals surface area (Å²) in [6.07, 6.45) is 7.93. The van der Waals surface area contributed by atoms with Gasteiger partial charge in [0.25, 0.3) is 0 Å². The number of benzene rings is 1. The van der Waals surface area contributed by atoms with Crippen molar-refractivity contribution in [3.05, 3.63) is 52.8 Å². The molecule has 20 heavy (non-hydrogen) atoms. The summed E-state index contributed by atoms with van der Waals surface area (Å²) in [5, 5.41) is 8.00. The van der Waals surface area contributed by atoms with Crippen molar-refractivity contribution in [2.24, 2.45) is 0 Å². The molecule has 1 aromatic carbocycles. The number of hydrogen-bond donors (Lipinski definition) is 1. The van der Waals surface area contributed by atoms with E-state index in [1.165, 1.54) is 41.5 Å². The van der Waals surface area contributed by atoms with Gasteiger partial charge in [-0.05, 0) is 49.4 Å². The molecule has 0 aliphatic heterocycles. The van der Waals surface area contributed by atoms with E-state index in [0.29, 0.717) is 0 Å². The second-order valence-electron chi connectivity index (χ2n) is 5.50. The van der Waals surface area contributed by atoms with Crippen LogP contribution in [0.25, 0.3) is 0 Å². The van der Waals surface area contributed by atoms with E-state index in [9.17, 15) is 0 Å². The van der Waals surface area contributed by atoms with Crippen LogP contribution in [-0.2, 0) is 19.4 Å². The summed E-state index contributed by atoms with van der Waals surface area (Å²) < 4.78 is 1.99. The van der Waals surface area contributed by atoms with Crippen molar-refractivity contribution in [2.75, 3.05) is 6.54 Å². The Morgan fingerprint density at radius 1 is 1.20 bits per heavy atom. The maximum absolute atomic E-state index is 4.41. The molecule has 3 nitrogen and oxygen atoms in total. The summed E-state index contributed by atoms with van der Waals surface area (Å²) in [5.74, 6) is 0. The third-order valence-electron chi connectivity index (χ3n) is 4.17. The van der Waals surface area contributed by atoms with Crippen molar-refractivity contribution in [2.45, 2.75) is 45.7 Å². The van der Waals surface area contributed by atoms with Gasteiger partial charge in [0.05, 0.1) is 12.2 Å². The molecule has 3 rings (SSSR count). The zero-order valence-electron chi connectivity index (χ0n) is 12.4. The van der Waals surface area contributed by atoms with Crippen LogP contribution < -0.4 is 5.32 Å². The molecule has 0 fully saturated rings. The average Bonchev–Trinajstić information content (AvgIpc) is 3.12. The Bertz CT molecular complexity index is 586. The van der Waals surface area contributed by atoms with Crippen molar-refractivity contribution in [3.8, 4) is 0 Å². The molecule has 2 aromatic rings. The van der Waals surface area contributed by atoms with Crippen LogP contribution in [0, 0.1) is 0 Å². The fraction of sp³-hybridized carbons (Fsp3) is 0.471. The maximum atomic E-state index is 4.41. The van der Waals surface area contributed by atoms with Gasteiger partial charge in [0.15, 0.2) is 0 Å². The number of nitrogens with one attached hydrogen (secondary N) is 1. The molecule has 1 aromatic heterocycles. The topological polar surface area (TPSA) is 29.9 Å². The maximum Gasteiger partial charge on any atom is 0.0607 e. The highest BCUT2D eigenvalue weighted by Gasteiger charge is 2.18. The van der Waals surface area contributed by atoms with Gasteiger partial charge >= 0.3 is 0 Å². The SMILES string of the molecule is CCNC(c1ccc2c(c1)CCC2)c1cnn(CC)c1. The molecule has 0 radical (unpaired) electrons. The minimum atomic E-state index is 0.256. The van der Waals surface area contributed by atoms with Gasteiger partial charge in [-0.15, -0.1) is 0 Å². The lowest BCUT2D eigenvalue weighted by molar-refractivity contribution is 0.624. The normalized spacial score (nSPS) is 15.3. The summed E-state index contributed by atoms with van der Waals surface area (Å²) in [7, 11) is 0. The van der Waals surface area contributed by atoms with Gasteiger partial charge in [-0.25, -0.2) is 0 Å². The van der Waals surface area contributed by atoms with E-state index in [4.69, 9.17) is 0 Å². The second kappa shape index (κ2) is 5.80. The van der Waals surface area contributed by atoms with Crippen LogP contribution in [0.4, 0.5) is 0 Å². The van der Waals surface area contributed by atoms with Gasteiger partial charge in [-0.2, -0.15) is 5.10 Å². The van der Waals surface area contributed by atoms with Gasteiger partial charge in [0.2, 0.25) is 0 Å². The zero-order valence-corrected chi connectivity index (χ0v) is 12.4. The van der Waals surface area contributed by atoms with E-state index in [-0.39, 0.29) is 6.04 Å². The molecule has 1 heterocycles. The van der Waals surface area contributed by atoms with Crippen LogP contribution in [0.5, 0.6) is 0 Å². The lowest BCUT2D eigenvalue weighted by Gasteiger charge is -2.18. The molecule has 0 bridgehead atoms. The molecule has 1 N–H and O–H groups in total. The summed E-state index contributed by atoms with van der Waals surface area (Å²) in [6.45, 7) is 6.15. The van der Waals surface area contributed by atoms with Gasteiger partial charge in [0.1, 0.15) is 0 Å². The molecular weight excluding hydrogens is 246 g/mol. The van der Waals surface area contributed by atoms with E-state index < -0.39 is 0 Å². The Kier molecular flexibility index (Phi) is 3.88. The second-order valence-corrected chi connectivity index (χ2v) is 5.50. The van der Waals surface area contributed by atoms with Gasteiger partial charge in [-0.3, -0.25) is 4.68 Å². The van der Waals surface area contributed by atoms with Gasteiger partial charge < -0.3 is 5.32 Å². The largest absolute Gasteiger partial charge is 0.306 e. The van der Waals surface area contributed by atoms with Crippen LogP contribution in [0.2, 0.25) is 0 Å². The minimum Gasteiger partial charge on any atom is -0.306 e. The van der Waals surface area contributed by atoms with Crippen LogP contribution in [0.15, 0.2) is 30.6 Å². The molecular formula is C17H23N3. The highest BCUT2D eigenvalue weighted by molar-refractivity contribution is 5.39. The third kappa shape index (κ3) is 2.50. The van der Waals surface area contributed by atoms with Crippen molar-refractivity contribution in [1.29, 1.82) is 0 Å². The number of aryl methyl sites for hydroxylation is 3. The molecule has 1 aliphatic rings. The lowest BCUT2D eigenvalue weighted by Crippen LogP contribution is -2.21. The first-order chi connectivity index (χ1) is 9.81. The molecule has 106 valence electrons. The van der Waals surface area contributed by atoms with E-state index in [0.717, 1.165) is 13.1 Å². The van der Waals surface area contributed by atoms with Crippen LogP contribution in [-0.4, -0.2) is 16.3 Å². The number of aromatic nitrogens is 2. The minimum absolute atomic E-state index is 0.256. The summed E-state index contributed by atoms with van der Waals surface area (Å²) in [5.41, 5.74) is 5.69. The molecule has 0 saturated carbocycles. The molecule has 3 heteroatoms. The summed E-state index contributed by atoms with van der Waals surface area (Å²) in [4.78, 5) is 0. The fourth-order valence-electron chi connectivity index (χ4n) is 3.11. The van der Waals surface area contributed by atoms with E-state index in [1.54, 1.807) is 0 Å². The zero-order chi connectivity index (χ0) is 13.9. The smallest absolute Gasteiger partial charge is 0.0607 e. The highest BCUT2D eigenvalue weighted by atomic mass is 15.3. The van der Waals surface area contributed by atoms with Crippen molar-refractivity contribution < 1.29 is 0 Å². The molecule has 0 amide bonds. The molecule has 1 unspecified atom stereocenters. The van der Waals surface area contributed by atoms with E-state index in [2.05, 4.69) is 48.7 Å². The highest BCUT2D eigenvalue weighted by Crippen LogP contribution is 2.28. The lowest BCUT2D eigenvalue weighted by atomic mass is 9.97. The quantitative estimate of drug-likeness (QED) is 0.904. The Balaban J connectivity index is 1.93. The Hall–Kier alpha value is -1.61.